The molecule has 0 aromatic heterocycles. The van der Waals surface area contributed by atoms with Crippen LogP contribution in [0.5, 0.6) is 0 Å². The quantitative estimate of drug-likeness (QED) is 0.769. The zero-order valence-corrected chi connectivity index (χ0v) is 12.8. The van der Waals surface area contributed by atoms with Gasteiger partial charge >= 0.3 is 0 Å². The molecule has 1 nitrogen and oxygen atoms in total. The molecule has 0 bridgehead atoms. The maximum atomic E-state index is 13.7. The number of halogens is 1. The molecule has 1 N–H and O–H groups in total. The van der Waals surface area contributed by atoms with Gasteiger partial charge in [-0.25, -0.2) is 4.39 Å². The summed E-state index contributed by atoms with van der Waals surface area (Å²) in [4.78, 5) is 0. The van der Waals surface area contributed by atoms with E-state index in [4.69, 9.17) is 0 Å². The fourth-order valence-corrected chi connectivity index (χ4v) is 2.24. The predicted molar refractivity (Wildman–Crippen MR) is 80.8 cm³/mol. The Bertz CT molecular complexity index is 368. The molecule has 1 rings (SSSR count). The van der Waals surface area contributed by atoms with Crippen molar-refractivity contribution in [3.8, 4) is 0 Å². The average Bonchev–Trinajstić information content (AvgIpc) is 2.34. The number of hydrogen-bond donors (Lipinski definition) is 1. The maximum Gasteiger partial charge on any atom is 0.126 e. The predicted octanol–water partition coefficient (Wildman–Crippen LogP) is 4.42. The summed E-state index contributed by atoms with van der Waals surface area (Å²) < 4.78 is 13.7. The van der Waals surface area contributed by atoms with Crippen LogP contribution in [-0.4, -0.2) is 13.1 Å². The molecule has 0 heterocycles. The van der Waals surface area contributed by atoms with Crippen molar-refractivity contribution < 1.29 is 4.39 Å². The lowest BCUT2D eigenvalue weighted by molar-refractivity contribution is 0.313. The van der Waals surface area contributed by atoms with Gasteiger partial charge in [0.25, 0.3) is 0 Å². The van der Waals surface area contributed by atoms with Crippen molar-refractivity contribution in [3.63, 3.8) is 0 Å². The van der Waals surface area contributed by atoms with Gasteiger partial charge in [0, 0.05) is 0 Å². The second kappa shape index (κ2) is 7.64. The first-order valence-corrected chi connectivity index (χ1v) is 7.36. The molecule has 0 saturated heterocycles. The van der Waals surface area contributed by atoms with Gasteiger partial charge in [0.15, 0.2) is 0 Å². The van der Waals surface area contributed by atoms with Crippen LogP contribution in [-0.2, 0) is 6.42 Å². The van der Waals surface area contributed by atoms with E-state index >= 15 is 0 Å². The monoisotopic (exact) mass is 265 g/mol. The van der Waals surface area contributed by atoms with Crippen molar-refractivity contribution >= 4 is 0 Å². The molecule has 0 aliphatic rings. The number of nitrogens with one attached hydrogen (secondary N) is 1. The lowest BCUT2D eigenvalue weighted by Gasteiger charge is -2.23. The molecule has 0 aliphatic heterocycles. The number of rotatable bonds is 7. The molecule has 108 valence electrons. The van der Waals surface area contributed by atoms with E-state index in [9.17, 15) is 4.39 Å². The first-order chi connectivity index (χ1) is 8.92. The van der Waals surface area contributed by atoms with Crippen LogP contribution in [0.1, 0.15) is 46.1 Å². The van der Waals surface area contributed by atoms with Crippen molar-refractivity contribution in [1.82, 2.24) is 5.32 Å². The standard InChI is InChI=1S/C17H28FN/c1-5-19-13-14(10-11-17(2,3)4)12-15-8-6-7-9-16(15)18/h6-9,14,19H,5,10-13H2,1-4H3. The molecule has 0 saturated carbocycles. The van der Waals surface area contributed by atoms with Gasteiger partial charge in [-0.05, 0) is 55.3 Å². The Hall–Kier alpha value is -0.890. The van der Waals surface area contributed by atoms with E-state index in [2.05, 4.69) is 33.0 Å². The van der Waals surface area contributed by atoms with Crippen LogP contribution in [0, 0.1) is 17.2 Å². The van der Waals surface area contributed by atoms with Crippen LogP contribution in [0.15, 0.2) is 24.3 Å². The van der Waals surface area contributed by atoms with Gasteiger partial charge in [0.1, 0.15) is 5.82 Å². The highest BCUT2D eigenvalue weighted by atomic mass is 19.1. The van der Waals surface area contributed by atoms with Gasteiger partial charge < -0.3 is 5.32 Å². The van der Waals surface area contributed by atoms with Gasteiger partial charge in [-0.2, -0.15) is 0 Å². The third-order valence-corrected chi connectivity index (χ3v) is 3.45. The molecular weight excluding hydrogens is 237 g/mol. The highest BCUT2D eigenvalue weighted by molar-refractivity contribution is 5.17. The zero-order valence-electron chi connectivity index (χ0n) is 12.8. The molecule has 1 aromatic rings. The van der Waals surface area contributed by atoms with Gasteiger partial charge in [-0.15, -0.1) is 0 Å². The van der Waals surface area contributed by atoms with Crippen LogP contribution in [0.4, 0.5) is 4.39 Å². The molecule has 2 heteroatoms. The molecule has 1 unspecified atom stereocenters. The fourth-order valence-electron chi connectivity index (χ4n) is 2.24. The van der Waals surface area contributed by atoms with Gasteiger partial charge in [0.2, 0.25) is 0 Å². The molecule has 19 heavy (non-hydrogen) atoms. The van der Waals surface area contributed by atoms with E-state index < -0.39 is 0 Å². The third-order valence-electron chi connectivity index (χ3n) is 3.45. The highest BCUT2D eigenvalue weighted by Gasteiger charge is 2.16. The summed E-state index contributed by atoms with van der Waals surface area (Å²) in [6.45, 7) is 10.9. The minimum absolute atomic E-state index is 0.0697. The minimum atomic E-state index is -0.0697. The van der Waals surface area contributed by atoms with Crippen molar-refractivity contribution in [2.24, 2.45) is 11.3 Å². The largest absolute Gasteiger partial charge is 0.317 e. The Morgan fingerprint density at radius 2 is 1.89 bits per heavy atom. The van der Waals surface area contributed by atoms with Crippen LogP contribution in [0.2, 0.25) is 0 Å². The average molecular weight is 265 g/mol. The second-order valence-corrected chi connectivity index (χ2v) is 6.57. The molecule has 1 aromatic carbocycles. The Morgan fingerprint density at radius 3 is 2.47 bits per heavy atom. The Morgan fingerprint density at radius 1 is 1.21 bits per heavy atom. The summed E-state index contributed by atoms with van der Waals surface area (Å²) >= 11 is 0. The Kier molecular flexibility index (Phi) is 6.50. The van der Waals surface area contributed by atoms with Gasteiger partial charge in [0.05, 0.1) is 0 Å². The van der Waals surface area contributed by atoms with E-state index in [-0.39, 0.29) is 5.82 Å². The van der Waals surface area contributed by atoms with Crippen LogP contribution >= 0.6 is 0 Å². The first-order valence-electron chi connectivity index (χ1n) is 7.36. The van der Waals surface area contributed by atoms with E-state index in [0.717, 1.165) is 31.5 Å². The molecule has 0 amide bonds. The normalized spacial score (nSPS) is 13.5. The van der Waals surface area contributed by atoms with Crippen LogP contribution in [0.25, 0.3) is 0 Å². The topological polar surface area (TPSA) is 12.0 Å². The van der Waals surface area contributed by atoms with Gasteiger partial charge in [-0.1, -0.05) is 45.9 Å². The smallest absolute Gasteiger partial charge is 0.126 e. The summed E-state index contributed by atoms with van der Waals surface area (Å²) in [5.74, 6) is 0.441. The summed E-state index contributed by atoms with van der Waals surface area (Å²) in [5.41, 5.74) is 1.19. The number of hydrogen-bond acceptors (Lipinski definition) is 1. The zero-order chi connectivity index (χ0) is 14.3. The van der Waals surface area contributed by atoms with Crippen molar-refractivity contribution in [2.45, 2.75) is 47.0 Å². The molecule has 0 fully saturated rings. The van der Waals surface area contributed by atoms with E-state index in [1.54, 1.807) is 12.1 Å². The molecule has 0 spiro atoms. The number of benzene rings is 1. The summed E-state index contributed by atoms with van der Waals surface area (Å²) in [6.07, 6.45) is 3.15. The van der Waals surface area contributed by atoms with Crippen molar-refractivity contribution in [3.05, 3.63) is 35.6 Å². The van der Waals surface area contributed by atoms with Crippen LogP contribution in [0.3, 0.4) is 0 Å². The summed E-state index contributed by atoms with van der Waals surface area (Å²) in [6, 6.07) is 7.15. The van der Waals surface area contributed by atoms with Crippen molar-refractivity contribution in [2.75, 3.05) is 13.1 Å². The van der Waals surface area contributed by atoms with Gasteiger partial charge in [-0.3, -0.25) is 0 Å². The van der Waals surface area contributed by atoms with E-state index in [0.29, 0.717) is 11.3 Å². The molecular formula is C17H28FN. The summed E-state index contributed by atoms with van der Waals surface area (Å²) in [5, 5.41) is 3.40. The highest BCUT2D eigenvalue weighted by Crippen LogP contribution is 2.25. The Labute approximate surface area is 117 Å². The summed E-state index contributed by atoms with van der Waals surface area (Å²) in [7, 11) is 0. The molecule has 1 atom stereocenters. The van der Waals surface area contributed by atoms with Crippen molar-refractivity contribution in [1.29, 1.82) is 0 Å². The molecule has 0 aliphatic carbocycles. The third kappa shape index (κ3) is 6.72. The lowest BCUT2D eigenvalue weighted by atomic mass is 9.84. The lowest BCUT2D eigenvalue weighted by Crippen LogP contribution is -2.25. The maximum absolute atomic E-state index is 13.7. The van der Waals surface area contributed by atoms with E-state index in [1.165, 1.54) is 6.42 Å². The minimum Gasteiger partial charge on any atom is -0.317 e. The SMILES string of the molecule is CCNCC(CCC(C)(C)C)Cc1ccccc1F. The first kappa shape index (κ1) is 16.2. The Balaban J connectivity index is 2.61. The molecule has 0 radical (unpaired) electrons. The van der Waals surface area contributed by atoms with E-state index in [1.807, 2.05) is 12.1 Å². The second-order valence-electron chi connectivity index (χ2n) is 6.57. The fraction of sp³-hybridized carbons (Fsp3) is 0.647. The van der Waals surface area contributed by atoms with Crippen LogP contribution < -0.4 is 5.32 Å².